The zero-order chi connectivity index (χ0) is 15.1. The van der Waals surface area contributed by atoms with Crippen LogP contribution in [-0.4, -0.2) is 28.8 Å². The highest BCUT2D eigenvalue weighted by molar-refractivity contribution is 8.00. The first-order valence-corrected chi connectivity index (χ1v) is 8.88. The summed E-state index contributed by atoms with van der Waals surface area (Å²) < 4.78 is 11.1. The standard InChI is InChI=1S/C15H21N3OS2/c1-4-14-17-15(21-18-14)20-10-12(16-3)11-8-6-7-9-13(11)19-5-2/h6-9,12,16H,4-5,10H2,1-3H3. The highest BCUT2D eigenvalue weighted by Crippen LogP contribution is 2.30. The first-order chi connectivity index (χ1) is 10.3. The molecule has 0 spiro atoms. The third-order valence-electron chi connectivity index (χ3n) is 3.08. The van der Waals surface area contributed by atoms with Crippen LogP contribution in [0.5, 0.6) is 5.75 Å². The van der Waals surface area contributed by atoms with Crippen molar-refractivity contribution in [3.05, 3.63) is 35.7 Å². The largest absolute Gasteiger partial charge is 0.494 e. The lowest BCUT2D eigenvalue weighted by atomic mass is 10.1. The van der Waals surface area contributed by atoms with Crippen LogP contribution >= 0.6 is 23.3 Å². The molecule has 4 nitrogen and oxygen atoms in total. The molecule has 0 aliphatic rings. The summed E-state index contributed by atoms with van der Waals surface area (Å²) in [6, 6.07) is 8.42. The Morgan fingerprint density at radius 2 is 2.14 bits per heavy atom. The van der Waals surface area contributed by atoms with Crippen LogP contribution in [0, 0.1) is 0 Å². The number of nitrogens with zero attached hydrogens (tertiary/aromatic N) is 2. The number of nitrogens with one attached hydrogen (secondary N) is 1. The molecule has 114 valence electrons. The quantitative estimate of drug-likeness (QED) is 0.753. The van der Waals surface area contributed by atoms with Crippen LogP contribution in [0.3, 0.4) is 0 Å². The molecule has 1 heterocycles. The van der Waals surface area contributed by atoms with Crippen molar-refractivity contribution in [1.29, 1.82) is 0 Å². The van der Waals surface area contributed by atoms with Crippen molar-refractivity contribution in [2.75, 3.05) is 19.4 Å². The van der Waals surface area contributed by atoms with Gasteiger partial charge in [-0.15, -0.1) is 0 Å². The third kappa shape index (κ3) is 4.43. The van der Waals surface area contributed by atoms with Crippen LogP contribution in [0.1, 0.15) is 31.3 Å². The second-order valence-electron chi connectivity index (χ2n) is 4.45. The van der Waals surface area contributed by atoms with E-state index in [-0.39, 0.29) is 6.04 Å². The Balaban J connectivity index is 2.05. The normalized spacial score (nSPS) is 12.3. The Morgan fingerprint density at radius 3 is 2.81 bits per heavy atom. The van der Waals surface area contributed by atoms with Crippen molar-refractivity contribution >= 4 is 23.3 Å². The average Bonchev–Trinajstić information content (AvgIpc) is 2.98. The van der Waals surface area contributed by atoms with Gasteiger partial charge in [-0.3, -0.25) is 0 Å². The van der Waals surface area contributed by atoms with Crippen LogP contribution in [0.2, 0.25) is 0 Å². The van der Waals surface area contributed by atoms with E-state index in [4.69, 9.17) is 4.74 Å². The van der Waals surface area contributed by atoms with Crippen molar-refractivity contribution in [3.63, 3.8) is 0 Å². The number of hydrogen-bond donors (Lipinski definition) is 1. The maximum atomic E-state index is 5.72. The number of aryl methyl sites for hydroxylation is 1. The van der Waals surface area contributed by atoms with E-state index in [1.54, 1.807) is 11.8 Å². The van der Waals surface area contributed by atoms with Crippen LogP contribution < -0.4 is 10.1 Å². The number of para-hydroxylation sites is 1. The molecule has 0 saturated carbocycles. The SMILES string of the molecule is CCOc1ccccc1C(CSc1nc(CC)ns1)NC. The second kappa shape index (κ2) is 8.36. The molecule has 0 aliphatic carbocycles. The first kappa shape index (κ1) is 16.3. The maximum absolute atomic E-state index is 5.72. The summed E-state index contributed by atoms with van der Waals surface area (Å²) in [5, 5.41) is 3.36. The highest BCUT2D eigenvalue weighted by atomic mass is 32.2. The lowest BCUT2D eigenvalue weighted by molar-refractivity contribution is 0.333. The minimum absolute atomic E-state index is 0.228. The number of ether oxygens (including phenoxy) is 1. The van der Waals surface area contributed by atoms with Crippen molar-refractivity contribution in [2.45, 2.75) is 30.6 Å². The molecule has 6 heteroatoms. The van der Waals surface area contributed by atoms with Gasteiger partial charge in [-0.2, -0.15) is 4.37 Å². The predicted octanol–water partition coefficient (Wildman–Crippen LogP) is 3.55. The van der Waals surface area contributed by atoms with Gasteiger partial charge in [0.2, 0.25) is 0 Å². The summed E-state index contributed by atoms with van der Waals surface area (Å²) in [6.07, 6.45) is 0.889. The van der Waals surface area contributed by atoms with Gasteiger partial charge >= 0.3 is 0 Å². The maximum Gasteiger partial charge on any atom is 0.170 e. The lowest BCUT2D eigenvalue weighted by Crippen LogP contribution is -2.19. The number of aromatic nitrogens is 2. The van der Waals surface area contributed by atoms with E-state index in [1.165, 1.54) is 17.1 Å². The highest BCUT2D eigenvalue weighted by Gasteiger charge is 2.15. The van der Waals surface area contributed by atoms with E-state index in [1.807, 2.05) is 32.2 Å². The third-order valence-corrected chi connectivity index (χ3v) is 5.05. The smallest absolute Gasteiger partial charge is 0.170 e. The van der Waals surface area contributed by atoms with Gasteiger partial charge in [0.05, 0.1) is 6.61 Å². The first-order valence-electron chi connectivity index (χ1n) is 7.12. The molecule has 1 aromatic carbocycles. The van der Waals surface area contributed by atoms with Gasteiger partial charge in [0.25, 0.3) is 0 Å². The number of benzene rings is 1. The zero-order valence-corrected chi connectivity index (χ0v) is 14.3. The van der Waals surface area contributed by atoms with E-state index in [0.717, 1.165) is 28.1 Å². The van der Waals surface area contributed by atoms with Crippen LogP contribution in [-0.2, 0) is 6.42 Å². The fourth-order valence-electron chi connectivity index (χ4n) is 1.98. The Bertz CT molecular complexity index is 559. The topological polar surface area (TPSA) is 47.0 Å². The van der Waals surface area contributed by atoms with Gasteiger partial charge in [-0.1, -0.05) is 36.9 Å². The Kier molecular flexibility index (Phi) is 6.48. The minimum atomic E-state index is 0.228. The van der Waals surface area contributed by atoms with Crippen LogP contribution in [0.15, 0.2) is 28.6 Å². The molecular formula is C15H21N3OS2. The summed E-state index contributed by atoms with van der Waals surface area (Å²) in [5.74, 6) is 2.78. The molecule has 0 saturated heterocycles. The van der Waals surface area contributed by atoms with E-state index < -0.39 is 0 Å². The monoisotopic (exact) mass is 323 g/mol. The predicted molar refractivity (Wildman–Crippen MR) is 89.4 cm³/mol. The van der Waals surface area contributed by atoms with Gasteiger partial charge in [0, 0.05) is 23.8 Å². The van der Waals surface area contributed by atoms with Crippen molar-refractivity contribution in [1.82, 2.24) is 14.7 Å². The van der Waals surface area contributed by atoms with E-state index in [9.17, 15) is 0 Å². The molecule has 1 atom stereocenters. The fraction of sp³-hybridized carbons (Fsp3) is 0.467. The molecule has 1 unspecified atom stereocenters. The molecule has 2 rings (SSSR count). The number of rotatable bonds is 8. The Hall–Kier alpha value is -1.11. The van der Waals surface area contributed by atoms with Gasteiger partial charge < -0.3 is 10.1 Å². The molecule has 0 fully saturated rings. The van der Waals surface area contributed by atoms with E-state index >= 15 is 0 Å². The summed E-state index contributed by atoms with van der Waals surface area (Å²) in [4.78, 5) is 4.50. The molecule has 1 N–H and O–H groups in total. The molecule has 0 amide bonds. The molecule has 0 aliphatic heterocycles. The van der Waals surface area contributed by atoms with E-state index in [2.05, 4.69) is 27.7 Å². The number of thioether (sulfide) groups is 1. The van der Waals surface area contributed by atoms with Gasteiger partial charge in [0.15, 0.2) is 4.34 Å². The summed E-state index contributed by atoms with van der Waals surface area (Å²) >= 11 is 3.22. The summed E-state index contributed by atoms with van der Waals surface area (Å²) in [7, 11) is 1.98. The van der Waals surface area contributed by atoms with Crippen molar-refractivity contribution in [3.8, 4) is 5.75 Å². The number of hydrogen-bond acceptors (Lipinski definition) is 6. The van der Waals surface area contributed by atoms with Crippen LogP contribution in [0.25, 0.3) is 0 Å². The minimum Gasteiger partial charge on any atom is -0.494 e. The lowest BCUT2D eigenvalue weighted by Gasteiger charge is -2.19. The van der Waals surface area contributed by atoms with Crippen molar-refractivity contribution in [2.24, 2.45) is 0 Å². The fourth-order valence-corrected chi connectivity index (χ4v) is 3.83. The summed E-state index contributed by atoms with van der Waals surface area (Å²) in [6.45, 7) is 4.76. The van der Waals surface area contributed by atoms with E-state index in [0.29, 0.717) is 6.61 Å². The molecular weight excluding hydrogens is 302 g/mol. The molecule has 21 heavy (non-hydrogen) atoms. The molecule has 1 aromatic heterocycles. The zero-order valence-electron chi connectivity index (χ0n) is 12.6. The molecule has 0 bridgehead atoms. The molecule has 0 radical (unpaired) electrons. The summed E-state index contributed by atoms with van der Waals surface area (Å²) in [5.41, 5.74) is 1.19. The van der Waals surface area contributed by atoms with Gasteiger partial charge in [0.1, 0.15) is 11.6 Å². The Morgan fingerprint density at radius 1 is 1.33 bits per heavy atom. The van der Waals surface area contributed by atoms with Gasteiger partial charge in [-0.05, 0) is 31.6 Å². The Labute approximate surface area is 134 Å². The van der Waals surface area contributed by atoms with Crippen molar-refractivity contribution < 1.29 is 4.74 Å². The average molecular weight is 323 g/mol. The van der Waals surface area contributed by atoms with Crippen LogP contribution in [0.4, 0.5) is 0 Å². The second-order valence-corrected chi connectivity index (χ2v) is 6.47. The van der Waals surface area contributed by atoms with Gasteiger partial charge in [-0.25, -0.2) is 4.98 Å². The molecule has 2 aromatic rings.